The fraction of sp³-hybridized carbons (Fsp3) is 0.733. The summed E-state index contributed by atoms with van der Waals surface area (Å²) in [6.45, 7) is 12.3. The summed E-state index contributed by atoms with van der Waals surface area (Å²) in [4.78, 5) is 1.36. The quantitative estimate of drug-likeness (QED) is 0.718. The fourth-order valence-electron chi connectivity index (χ4n) is 1.98. The minimum atomic E-state index is -3.42. The zero-order valence-electron chi connectivity index (χ0n) is 13.7. The number of hydrogen-bond donors (Lipinski definition) is 2. The Hall–Kier alpha value is -0.430. The molecule has 0 saturated heterocycles. The normalized spacial score (nSPS) is 12.8. The van der Waals surface area contributed by atoms with Crippen molar-refractivity contribution in [3.8, 4) is 0 Å². The zero-order valence-corrected chi connectivity index (χ0v) is 15.4. The van der Waals surface area contributed by atoms with Gasteiger partial charge in [0.1, 0.15) is 4.90 Å². The lowest BCUT2D eigenvalue weighted by molar-refractivity contribution is 0.378. The third-order valence-corrected chi connectivity index (χ3v) is 6.06. The molecule has 0 unspecified atom stereocenters. The summed E-state index contributed by atoms with van der Waals surface area (Å²) >= 11 is 1.51. The molecule has 0 bridgehead atoms. The summed E-state index contributed by atoms with van der Waals surface area (Å²) < 4.78 is 27.8. The van der Waals surface area contributed by atoms with Crippen LogP contribution in [0.15, 0.2) is 10.3 Å². The minimum absolute atomic E-state index is 0.123. The SMILES string of the molecule is CCCNCc1scc(C)c1S(=O)(=O)NCCC(C)(C)C. The first-order valence-corrected chi connectivity index (χ1v) is 9.81. The second-order valence-corrected chi connectivity index (χ2v) is 9.22. The Morgan fingerprint density at radius 3 is 2.48 bits per heavy atom. The zero-order chi connectivity index (χ0) is 16.1. The molecule has 0 aliphatic carbocycles. The van der Waals surface area contributed by atoms with Crippen LogP contribution in [0.2, 0.25) is 0 Å². The lowest BCUT2D eigenvalue weighted by Crippen LogP contribution is -2.28. The van der Waals surface area contributed by atoms with Crippen LogP contribution in [0, 0.1) is 12.3 Å². The molecule has 0 fully saturated rings. The van der Waals surface area contributed by atoms with E-state index in [1.54, 1.807) is 0 Å². The highest BCUT2D eigenvalue weighted by Crippen LogP contribution is 2.27. The van der Waals surface area contributed by atoms with Crippen LogP contribution in [0.1, 0.15) is 51.0 Å². The van der Waals surface area contributed by atoms with Crippen molar-refractivity contribution in [3.63, 3.8) is 0 Å². The van der Waals surface area contributed by atoms with Gasteiger partial charge in [-0.2, -0.15) is 0 Å². The average molecular weight is 333 g/mol. The van der Waals surface area contributed by atoms with E-state index >= 15 is 0 Å². The van der Waals surface area contributed by atoms with Crippen molar-refractivity contribution < 1.29 is 8.42 Å². The van der Waals surface area contributed by atoms with Gasteiger partial charge in [0.2, 0.25) is 10.0 Å². The van der Waals surface area contributed by atoms with Gasteiger partial charge >= 0.3 is 0 Å². The van der Waals surface area contributed by atoms with Gasteiger partial charge in [0.15, 0.2) is 0 Å². The van der Waals surface area contributed by atoms with Crippen LogP contribution < -0.4 is 10.0 Å². The summed E-state index contributed by atoms with van der Waals surface area (Å²) in [5.41, 5.74) is 0.953. The van der Waals surface area contributed by atoms with Gasteiger partial charge in [-0.3, -0.25) is 0 Å². The third-order valence-electron chi connectivity index (χ3n) is 3.14. The van der Waals surface area contributed by atoms with Gasteiger partial charge in [-0.25, -0.2) is 13.1 Å². The molecule has 0 aromatic carbocycles. The minimum Gasteiger partial charge on any atom is -0.312 e. The van der Waals surface area contributed by atoms with Crippen LogP contribution in [0.3, 0.4) is 0 Å². The maximum absolute atomic E-state index is 12.5. The van der Waals surface area contributed by atoms with E-state index < -0.39 is 10.0 Å². The number of rotatable bonds is 8. The number of hydrogen-bond acceptors (Lipinski definition) is 4. The number of thiophene rings is 1. The predicted octanol–water partition coefficient (Wildman–Crippen LogP) is 3.27. The molecule has 0 atom stereocenters. The highest BCUT2D eigenvalue weighted by atomic mass is 32.2. The molecule has 122 valence electrons. The maximum Gasteiger partial charge on any atom is 0.241 e. The van der Waals surface area contributed by atoms with Crippen LogP contribution >= 0.6 is 11.3 Å². The van der Waals surface area contributed by atoms with Gasteiger partial charge in [-0.1, -0.05) is 27.7 Å². The van der Waals surface area contributed by atoms with Gasteiger partial charge in [0.25, 0.3) is 0 Å². The molecule has 2 N–H and O–H groups in total. The summed E-state index contributed by atoms with van der Waals surface area (Å²) in [5.74, 6) is 0. The predicted molar refractivity (Wildman–Crippen MR) is 90.3 cm³/mol. The highest BCUT2D eigenvalue weighted by Gasteiger charge is 2.23. The molecule has 0 saturated carbocycles. The van der Waals surface area contributed by atoms with Gasteiger partial charge in [0, 0.05) is 18.0 Å². The van der Waals surface area contributed by atoms with Crippen molar-refractivity contribution >= 4 is 21.4 Å². The smallest absolute Gasteiger partial charge is 0.241 e. The van der Waals surface area contributed by atoms with Gasteiger partial charge in [-0.05, 0) is 42.7 Å². The number of nitrogens with one attached hydrogen (secondary N) is 2. The number of sulfonamides is 1. The van der Waals surface area contributed by atoms with Crippen molar-refractivity contribution in [3.05, 3.63) is 15.8 Å². The summed E-state index contributed by atoms with van der Waals surface area (Å²) in [6, 6.07) is 0. The van der Waals surface area contributed by atoms with Crippen LogP contribution in [0.5, 0.6) is 0 Å². The maximum atomic E-state index is 12.5. The van der Waals surface area contributed by atoms with Gasteiger partial charge in [0.05, 0.1) is 0 Å². The molecule has 0 radical (unpaired) electrons. The van der Waals surface area contributed by atoms with E-state index in [2.05, 4.69) is 37.7 Å². The average Bonchev–Trinajstić information content (AvgIpc) is 2.69. The molecule has 0 aliphatic rings. The molecular formula is C15H28N2O2S2. The van der Waals surface area contributed by atoms with Gasteiger partial charge < -0.3 is 5.32 Å². The summed E-state index contributed by atoms with van der Waals surface area (Å²) in [6.07, 6.45) is 1.86. The first kappa shape index (κ1) is 18.6. The van der Waals surface area contributed by atoms with Crippen molar-refractivity contribution in [2.75, 3.05) is 13.1 Å². The molecule has 4 nitrogen and oxygen atoms in total. The molecule has 1 aromatic rings. The fourth-order valence-corrected chi connectivity index (χ4v) is 4.79. The van der Waals surface area contributed by atoms with E-state index in [0.717, 1.165) is 29.8 Å². The number of aryl methyl sites for hydroxylation is 1. The first-order valence-electron chi connectivity index (χ1n) is 7.44. The van der Waals surface area contributed by atoms with Gasteiger partial charge in [-0.15, -0.1) is 11.3 Å². The van der Waals surface area contributed by atoms with E-state index in [4.69, 9.17) is 0 Å². The van der Waals surface area contributed by atoms with Crippen LogP contribution in [0.4, 0.5) is 0 Å². The molecule has 1 aromatic heterocycles. The molecule has 21 heavy (non-hydrogen) atoms. The largest absolute Gasteiger partial charge is 0.312 e. The van der Waals surface area contributed by atoms with Crippen LogP contribution in [-0.4, -0.2) is 21.5 Å². The van der Waals surface area contributed by atoms with E-state index in [0.29, 0.717) is 18.0 Å². The third kappa shape index (κ3) is 6.06. The monoisotopic (exact) mass is 332 g/mol. The Bertz CT molecular complexity index is 543. The summed E-state index contributed by atoms with van der Waals surface area (Å²) in [7, 11) is -3.42. The molecule has 6 heteroatoms. The topological polar surface area (TPSA) is 58.2 Å². The lowest BCUT2D eigenvalue weighted by Gasteiger charge is -2.18. The Morgan fingerprint density at radius 2 is 1.90 bits per heavy atom. The Morgan fingerprint density at radius 1 is 1.24 bits per heavy atom. The van der Waals surface area contributed by atoms with E-state index in [-0.39, 0.29) is 5.41 Å². The second kappa shape index (κ2) is 7.72. The van der Waals surface area contributed by atoms with Crippen molar-refractivity contribution in [2.24, 2.45) is 5.41 Å². The summed E-state index contributed by atoms with van der Waals surface area (Å²) in [5, 5.41) is 5.19. The Balaban J connectivity index is 2.80. The van der Waals surface area contributed by atoms with E-state index in [1.807, 2.05) is 12.3 Å². The molecule has 0 spiro atoms. The molecule has 0 aliphatic heterocycles. The second-order valence-electron chi connectivity index (χ2n) is 6.56. The van der Waals surface area contributed by atoms with Crippen LogP contribution in [0.25, 0.3) is 0 Å². The van der Waals surface area contributed by atoms with Crippen molar-refractivity contribution in [1.82, 2.24) is 10.0 Å². The molecule has 0 amide bonds. The highest BCUT2D eigenvalue weighted by molar-refractivity contribution is 7.89. The Kier molecular flexibility index (Phi) is 6.84. The first-order chi connectivity index (χ1) is 9.67. The van der Waals surface area contributed by atoms with Crippen molar-refractivity contribution in [2.45, 2.75) is 58.9 Å². The van der Waals surface area contributed by atoms with Crippen molar-refractivity contribution in [1.29, 1.82) is 0 Å². The molecule has 1 rings (SSSR count). The molecule has 1 heterocycles. The van der Waals surface area contributed by atoms with E-state index in [1.165, 1.54) is 11.3 Å². The standard InChI is InChI=1S/C15H28N2O2S2/c1-6-8-16-10-13-14(12(2)11-20-13)21(18,19)17-9-7-15(3,4)5/h11,16-17H,6-10H2,1-5H3. The van der Waals surface area contributed by atoms with Crippen LogP contribution in [-0.2, 0) is 16.6 Å². The Labute approximate surface area is 133 Å². The van der Waals surface area contributed by atoms with E-state index in [9.17, 15) is 8.42 Å². The lowest BCUT2D eigenvalue weighted by atomic mass is 9.93. The molecular weight excluding hydrogens is 304 g/mol.